The molecule has 21 heavy (non-hydrogen) atoms. The SMILES string of the molecule is c1cc(C2CCNCC2)ccc1OCCN1CCOCC1. The van der Waals surface area contributed by atoms with E-state index in [1.807, 2.05) is 0 Å². The van der Waals surface area contributed by atoms with Crippen LogP contribution in [-0.2, 0) is 4.74 Å². The Bertz CT molecular complexity index is 409. The normalized spacial score (nSPS) is 21.3. The van der Waals surface area contributed by atoms with Crippen molar-refractivity contribution >= 4 is 0 Å². The van der Waals surface area contributed by atoms with E-state index in [4.69, 9.17) is 9.47 Å². The third-order valence-electron chi connectivity index (χ3n) is 4.47. The largest absolute Gasteiger partial charge is 0.492 e. The zero-order valence-electron chi connectivity index (χ0n) is 12.7. The molecule has 2 saturated heterocycles. The number of nitrogens with zero attached hydrogens (tertiary/aromatic N) is 1. The molecule has 2 heterocycles. The minimum Gasteiger partial charge on any atom is -0.492 e. The van der Waals surface area contributed by atoms with Gasteiger partial charge in [0.1, 0.15) is 12.4 Å². The van der Waals surface area contributed by atoms with Gasteiger partial charge in [0.05, 0.1) is 13.2 Å². The Morgan fingerprint density at radius 2 is 1.81 bits per heavy atom. The van der Waals surface area contributed by atoms with Crippen LogP contribution in [-0.4, -0.2) is 57.4 Å². The molecule has 2 fully saturated rings. The summed E-state index contributed by atoms with van der Waals surface area (Å²) in [7, 11) is 0. The highest BCUT2D eigenvalue weighted by Crippen LogP contribution is 2.26. The van der Waals surface area contributed by atoms with Gasteiger partial charge in [0, 0.05) is 19.6 Å². The number of hydrogen-bond acceptors (Lipinski definition) is 4. The molecule has 3 rings (SSSR count). The summed E-state index contributed by atoms with van der Waals surface area (Å²) in [6, 6.07) is 8.72. The molecule has 1 aromatic carbocycles. The van der Waals surface area contributed by atoms with Crippen LogP contribution in [0, 0.1) is 0 Å². The van der Waals surface area contributed by atoms with Crippen LogP contribution >= 0.6 is 0 Å². The molecular weight excluding hydrogens is 264 g/mol. The van der Waals surface area contributed by atoms with E-state index in [0.717, 1.165) is 58.3 Å². The molecule has 0 aromatic heterocycles. The fraction of sp³-hybridized carbons (Fsp3) is 0.647. The van der Waals surface area contributed by atoms with Gasteiger partial charge < -0.3 is 14.8 Å². The Morgan fingerprint density at radius 3 is 2.52 bits per heavy atom. The first kappa shape index (κ1) is 14.8. The van der Waals surface area contributed by atoms with Crippen molar-refractivity contribution in [2.75, 3.05) is 52.5 Å². The van der Waals surface area contributed by atoms with Crippen LogP contribution in [0.3, 0.4) is 0 Å². The van der Waals surface area contributed by atoms with Gasteiger partial charge in [-0.25, -0.2) is 0 Å². The molecule has 1 N–H and O–H groups in total. The van der Waals surface area contributed by atoms with Crippen LogP contribution in [0.15, 0.2) is 24.3 Å². The number of ether oxygens (including phenoxy) is 2. The number of morpholine rings is 1. The second kappa shape index (κ2) is 7.78. The summed E-state index contributed by atoms with van der Waals surface area (Å²) < 4.78 is 11.2. The van der Waals surface area contributed by atoms with Gasteiger partial charge in [0.25, 0.3) is 0 Å². The zero-order valence-corrected chi connectivity index (χ0v) is 12.7. The molecular formula is C17H26N2O2. The van der Waals surface area contributed by atoms with E-state index in [9.17, 15) is 0 Å². The van der Waals surface area contributed by atoms with Crippen molar-refractivity contribution < 1.29 is 9.47 Å². The Labute approximate surface area is 127 Å². The van der Waals surface area contributed by atoms with Crippen LogP contribution in [0.1, 0.15) is 24.3 Å². The molecule has 0 bridgehead atoms. The molecule has 0 aliphatic carbocycles. The number of nitrogens with one attached hydrogen (secondary N) is 1. The second-order valence-electron chi connectivity index (χ2n) is 5.90. The molecule has 1 aromatic rings. The highest BCUT2D eigenvalue weighted by atomic mass is 16.5. The van der Waals surface area contributed by atoms with E-state index >= 15 is 0 Å². The van der Waals surface area contributed by atoms with Gasteiger partial charge in [0.2, 0.25) is 0 Å². The molecule has 4 nitrogen and oxygen atoms in total. The van der Waals surface area contributed by atoms with Crippen molar-refractivity contribution in [1.29, 1.82) is 0 Å². The Hall–Kier alpha value is -1.10. The summed E-state index contributed by atoms with van der Waals surface area (Å²) in [5, 5.41) is 3.42. The third kappa shape index (κ3) is 4.43. The van der Waals surface area contributed by atoms with Crippen molar-refractivity contribution in [3.63, 3.8) is 0 Å². The van der Waals surface area contributed by atoms with Crippen LogP contribution in [0.4, 0.5) is 0 Å². The number of benzene rings is 1. The molecule has 0 saturated carbocycles. The van der Waals surface area contributed by atoms with Crippen molar-refractivity contribution in [3.05, 3.63) is 29.8 Å². The fourth-order valence-corrected chi connectivity index (χ4v) is 3.11. The predicted molar refractivity (Wildman–Crippen MR) is 84.0 cm³/mol. The van der Waals surface area contributed by atoms with Gasteiger partial charge >= 0.3 is 0 Å². The Morgan fingerprint density at radius 1 is 1.10 bits per heavy atom. The maximum Gasteiger partial charge on any atom is 0.119 e. The number of piperidine rings is 1. The van der Waals surface area contributed by atoms with E-state index in [1.54, 1.807) is 0 Å². The molecule has 2 aliphatic rings. The van der Waals surface area contributed by atoms with E-state index in [0.29, 0.717) is 5.92 Å². The fourth-order valence-electron chi connectivity index (χ4n) is 3.11. The summed E-state index contributed by atoms with van der Waals surface area (Å²) in [5.74, 6) is 1.70. The van der Waals surface area contributed by atoms with Crippen LogP contribution in [0.25, 0.3) is 0 Å². The van der Waals surface area contributed by atoms with E-state index in [2.05, 4.69) is 34.5 Å². The summed E-state index contributed by atoms with van der Waals surface area (Å²) in [6.45, 7) is 7.78. The highest BCUT2D eigenvalue weighted by molar-refractivity contribution is 5.29. The van der Waals surface area contributed by atoms with Gasteiger partial charge in [-0.15, -0.1) is 0 Å². The summed E-state index contributed by atoms with van der Waals surface area (Å²) in [6.07, 6.45) is 2.49. The third-order valence-corrected chi connectivity index (χ3v) is 4.47. The highest BCUT2D eigenvalue weighted by Gasteiger charge is 2.15. The van der Waals surface area contributed by atoms with Crippen LogP contribution in [0.5, 0.6) is 5.75 Å². The topological polar surface area (TPSA) is 33.7 Å². The molecule has 0 unspecified atom stereocenters. The van der Waals surface area contributed by atoms with E-state index in [1.165, 1.54) is 18.4 Å². The first-order valence-electron chi connectivity index (χ1n) is 8.15. The van der Waals surface area contributed by atoms with E-state index in [-0.39, 0.29) is 0 Å². The van der Waals surface area contributed by atoms with E-state index < -0.39 is 0 Å². The van der Waals surface area contributed by atoms with Gasteiger partial charge in [-0.3, -0.25) is 4.90 Å². The minimum absolute atomic E-state index is 0.716. The molecule has 0 atom stereocenters. The summed E-state index contributed by atoms with van der Waals surface area (Å²) in [5.41, 5.74) is 1.46. The Balaban J connectivity index is 1.43. The maximum atomic E-state index is 5.86. The average Bonchev–Trinajstić information content (AvgIpc) is 2.57. The lowest BCUT2D eigenvalue weighted by atomic mass is 9.90. The lowest BCUT2D eigenvalue weighted by molar-refractivity contribution is 0.0322. The molecule has 0 radical (unpaired) electrons. The summed E-state index contributed by atoms with van der Waals surface area (Å²) in [4.78, 5) is 2.40. The number of hydrogen-bond donors (Lipinski definition) is 1. The lowest BCUT2D eigenvalue weighted by Gasteiger charge is -2.26. The molecule has 0 amide bonds. The van der Waals surface area contributed by atoms with Crippen molar-refractivity contribution in [3.8, 4) is 5.75 Å². The van der Waals surface area contributed by atoms with Gasteiger partial charge in [0.15, 0.2) is 0 Å². The molecule has 4 heteroatoms. The summed E-state index contributed by atoms with van der Waals surface area (Å²) >= 11 is 0. The maximum absolute atomic E-state index is 5.86. The Kier molecular flexibility index (Phi) is 5.49. The lowest BCUT2D eigenvalue weighted by Crippen LogP contribution is -2.38. The minimum atomic E-state index is 0.716. The van der Waals surface area contributed by atoms with Gasteiger partial charge in [-0.1, -0.05) is 12.1 Å². The van der Waals surface area contributed by atoms with Crippen molar-refractivity contribution in [2.24, 2.45) is 0 Å². The molecule has 116 valence electrons. The first-order valence-corrected chi connectivity index (χ1v) is 8.15. The van der Waals surface area contributed by atoms with Crippen LogP contribution in [0.2, 0.25) is 0 Å². The smallest absolute Gasteiger partial charge is 0.119 e. The average molecular weight is 290 g/mol. The second-order valence-corrected chi connectivity index (χ2v) is 5.90. The predicted octanol–water partition coefficient (Wildman–Crippen LogP) is 1.86. The number of rotatable bonds is 5. The van der Waals surface area contributed by atoms with Crippen molar-refractivity contribution in [2.45, 2.75) is 18.8 Å². The van der Waals surface area contributed by atoms with Crippen molar-refractivity contribution in [1.82, 2.24) is 10.2 Å². The molecule has 0 spiro atoms. The quantitative estimate of drug-likeness (QED) is 0.897. The van der Waals surface area contributed by atoms with Gasteiger partial charge in [-0.2, -0.15) is 0 Å². The molecule has 2 aliphatic heterocycles. The zero-order chi connectivity index (χ0) is 14.3. The standard InChI is InChI=1S/C17H26N2O2/c1-3-17(21-14-11-19-9-12-20-13-10-19)4-2-15(1)16-5-7-18-8-6-16/h1-4,16,18H,5-14H2. The van der Waals surface area contributed by atoms with Crippen LogP contribution < -0.4 is 10.1 Å². The van der Waals surface area contributed by atoms with Gasteiger partial charge in [-0.05, 0) is 49.5 Å². The monoisotopic (exact) mass is 290 g/mol. The first-order chi connectivity index (χ1) is 10.4.